The van der Waals surface area contributed by atoms with Crippen molar-refractivity contribution in [3.63, 3.8) is 0 Å². The van der Waals surface area contributed by atoms with Crippen LogP contribution in [0.2, 0.25) is 0 Å². The zero-order valence-corrected chi connectivity index (χ0v) is 8.17. The largest absolute Gasteiger partial charge is 0.392 e. The quantitative estimate of drug-likeness (QED) is 0.592. The maximum absolute atomic E-state index is 9.17. The summed E-state index contributed by atoms with van der Waals surface area (Å²) in [5.74, 6) is 2.22. The van der Waals surface area contributed by atoms with Gasteiger partial charge in [0.1, 0.15) is 0 Å². The van der Waals surface area contributed by atoms with Crippen molar-refractivity contribution >= 4 is 0 Å². The second kappa shape index (κ2) is 2.35. The number of fused-ring (bicyclic) bond motifs is 1. The average molecular weight is 166 g/mol. The van der Waals surface area contributed by atoms with Crippen LogP contribution >= 0.6 is 0 Å². The first-order chi connectivity index (χ1) is 5.57. The highest BCUT2D eigenvalue weighted by Gasteiger charge is 2.59. The van der Waals surface area contributed by atoms with Crippen molar-refractivity contribution < 1.29 is 5.11 Å². The highest BCUT2D eigenvalue weighted by atomic mass is 16.3. The monoisotopic (exact) mass is 166 g/mol. The molecule has 0 amide bonds. The SMILES string of the molecule is CC1C=C(CO)C2C(C1)C2(C)C. The summed E-state index contributed by atoms with van der Waals surface area (Å²) in [5, 5.41) is 9.17. The first kappa shape index (κ1) is 8.31. The molecular formula is C11H18O. The molecule has 2 aliphatic carbocycles. The molecule has 0 radical (unpaired) electrons. The molecule has 0 aromatic heterocycles. The van der Waals surface area contributed by atoms with Crippen LogP contribution in [0.15, 0.2) is 11.6 Å². The zero-order valence-electron chi connectivity index (χ0n) is 8.17. The molecule has 0 bridgehead atoms. The van der Waals surface area contributed by atoms with Crippen molar-refractivity contribution in [1.82, 2.24) is 0 Å². The van der Waals surface area contributed by atoms with Crippen LogP contribution in [0.5, 0.6) is 0 Å². The molecule has 0 saturated heterocycles. The van der Waals surface area contributed by atoms with Crippen molar-refractivity contribution in [2.24, 2.45) is 23.2 Å². The van der Waals surface area contributed by atoms with Crippen LogP contribution in [0, 0.1) is 23.2 Å². The van der Waals surface area contributed by atoms with E-state index < -0.39 is 0 Å². The fraction of sp³-hybridized carbons (Fsp3) is 0.818. The molecule has 0 aromatic carbocycles. The van der Waals surface area contributed by atoms with Crippen LogP contribution in [0.4, 0.5) is 0 Å². The van der Waals surface area contributed by atoms with Crippen LogP contribution in [-0.2, 0) is 0 Å². The first-order valence-corrected chi connectivity index (χ1v) is 4.88. The molecule has 3 atom stereocenters. The van der Waals surface area contributed by atoms with E-state index >= 15 is 0 Å². The Balaban J connectivity index is 2.22. The van der Waals surface area contributed by atoms with Gasteiger partial charge in [0.2, 0.25) is 0 Å². The van der Waals surface area contributed by atoms with E-state index in [1.165, 1.54) is 12.0 Å². The van der Waals surface area contributed by atoms with E-state index in [1.807, 2.05) is 0 Å². The van der Waals surface area contributed by atoms with Crippen LogP contribution in [0.1, 0.15) is 27.2 Å². The Morgan fingerprint density at radius 2 is 2.25 bits per heavy atom. The summed E-state index contributed by atoms with van der Waals surface area (Å²) in [5.41, 5.74) is 1.77. The zero-order chi connectivity index (χ0) is 8.93. The fourth-order valence-electron chi connectivity index (χ4n) is 3.01. The lowest BCUT2D eigenvalue weighted by atomic mass is 9.92. The molecule has 0 spiro atoms. The van der Waals surface area contributed by atoms with Gasteiger partial charge in [-0.2, -0.15) is 0 Å². The fourth-order valence-corrected chi connectivity index (χ4v) is 3.01. The second-order valence-corrected chi connectivity index (χ2v) is 5.02. The van der Waals surface area contributed by atoms with E-state index in [1.54, 1.807) is 0 Å². The second-order valence-electron chi connectivity index (χ2n) is 5.02. The van der Waals surface area contributed by atoms with Gasteiger partial charge in [0.05, 0.1) is 6.61 Å². The summed E-state index contributed by atoms with van der Waals surface area (Å²) < 4.78 is 0. The predicted molar refractivity (Wildman–Crippen MR) is 49.7 cm³/mol. The molecular weight excluding hydrogens is 148 g/mol. The van der Waals surface area contributed by atoms with E-state index in [2.05, 4.69) is 26.8 Å². The Hall–Kier alpha value is -0.300. The van der Waals surface area contributed by atoms with E-state index in [0.717, 1.165) is 5.92 Å². The maximum atomic E-state index is 9.17. The average Bonchev–Trinajstić information content (AvgIpc) is 2.53. The smallest absolute Gasteiger partial charge is 0.0644 e. The summed E-state index contributed by atoms with van der Waals surface area (Å²) in [6.45, 7) is 7.17. The summed E-state index contributed by atoms with van der Waals surface area (Å²) in [6.07, 6.45) is 3.59. The molecule has 1 heteroatoms. The Morgan fingerprint density at radius 1 is 1.58 bits per heavy atom. The third-order valence-corrected chi connectivity index (χ3v) is 3.76. The van der Waals surface area contributed by atoms with E-state index in [9.17, 15) is 0 Å². The van der Waals surface area contributed by atoms with Crippen molar-refractivity contribution in [2.75, 3.05) is 6.61 Å². The van der Waals surface area contributed by atoms with E-state index in [4.69, 9.17) is 5.11 Å². The van der Waals surface area contributed by atoms with Gasteiger partial charge < -0.3 is 5.11 Å². The summed E-state index contributed by atoms with van der Waals surface area (Å²) in [7, 11) is 0. The standard InChI is InChI=1S/C11H18O/c1-7-4-8(6-12)10-9(5-7)11(10,2)3/h4,7,9-10,12H,5-6H2,1-3H3. The highest BCUT2D eigenvalue weighted by molar-refractivity contribution is 5.28. The highest BCUT2D eigenvalue weighted by Crippen LogP contribution is 2.66. The number of aliphatic hydroxyl groups is 1. The third-order valence-electron chi connectivity index (χ3n) is 3.76. The topological polar surface area (TPSA) is 20.2 Å². The minimum Gasteiger partial charge on any atom is -0.392 e. The third kappa shape index (κ3) is 0.957. The molecule has 0 heterocycles. The Morgan fingerprint density at radius 3 is 2.83 bits per heavy atom. The lowest BCUT2D eigenvalue weighted by Crippen LogP contribution is -2.06. The van der Waals surface area contributed by atoms with Crippen LogP contribution in [0.25, 0.3) is 0 Å². The van der Waals surface area contributed by atoms with Crippen LogP contribution < -0.4 is 0 Å². The molecule has 0 aliphatic heterocycles. The first-order valence-electron chi connectivity index (χ1n) is 4.88. The Labute approximate surface area is 74.5 Å². The maximum Gasteiger partial charge on any atom is 0.0644 e. The molecule has 1 fully saturated rings. The van der Waals surface area contributed by atoms with Crippen LogP contribution in [0.3, 0.4) is 0 Å². The molecule has 2 aliphatic rings. The molecule has 68 valence electrons. The van der Waals surface area contributed by atoms with Gasteiger partial charge in [0.15, 0.2) is 0 Å². The van der Waals surface area contributed by atoms with Gasteiger partial charge in [-0.15, -0.1) is 0 Å². The minimum absolute atomic E-state index is 0.273. The Bertz CT molecular complexity index is 227. The van der Waals surface area contributed by atoms with Gasteiger partial charge in [0.25, 0.3) is 0 Å². The van der Waals surface area contributed by atoms with Gasteiger partial charge in [-0.25, -0.2) is 0 Å². The lowest BCUT2D eigenvalue weighted by molar-refractivity contribution is 0.315. The van der Waals surface area contributed by atoms with Gasteiger partial charge in [-0.3, -0.25) is 0 Å². The Kier molecular flexibility index (Phi) is 1.63. The van der Waals surface area contributed by atoms with E-state index in [-0.39, 0.29) is 6.61 Å². The van der Waals surface area contributed by atoms with Gasteiger partial charge in [-0.1, -0.05) is 26.8 Å². The van der Waals surface area contributed by atoms with Crippen molar-refractivity contribution in [2.45, 2.75) is 27.2 Å². The lowest BCUT2D eigenvalue weighted by Gasteiger charge is -2.14. The van der Waals surface area contributed by atoms with Crippen LogP contribution in [-0.4, -0.2) is 11.7 Å². The van der Waals surface area contributed by atoms with Crippen molar-refractivity contribution in [1.29, 1.82) is 0 Å². The van der Waals surface area contributed by atoms with Gasteiger partial charge in [-0.05, 0) is 35.2 Å². The molecule has 0 aromatic rings. The summed E-state index contributed by atoms with van der Waals surface area (Å²) >= 11 is 0. The summed E-state index contributed by atoms with van der Waals surface area (Å²) in [6, 6.07) is 0. The molecule has 1 nitrogen and oxygen atoms in total. The van der Waals surface area contributed by atoms with Gasteiger partial charge in [0, 0.05) is 0 Å². The van der Waals surface area contributed by atoms with E-state index in [0.29, 0.717) is 17.3 Å². The summed E-state index contributed by atoms with van der Waals surface area (Å²) in [4.78, 5) is 0. The molecule has 12 heavy (non-hydrogen) atoms. The molecule has 3 unspecified atom stereocenters. The number of hydrogen-bond acceptors (Lipinski definition) is 1. The predicted octanol–water partition coefficient (Wildman–Crippen LogP) is 2.22. The number of allylic oxidation sites excluding steroid dienone is 1. The van der Waals surface area contributed by atoms with Gasteiger partial charge >= 0.3 is 0 Å². The molecule has 1 saturated carbocycles. The molecule has 1 N–H and O–H groups in total. The number of rotatable bonds is 1. The normalized spacial score (nSPS) is 43.3. The molecule has 2 rings (SSSR count). The number of hydrogen-bond donors (Lipinski definition) is 1. The number of aliphatic hydroxyl groups excluding tert-OH is 1. The van der Waals surface area contributed by atoms with Crippen molar-refractivity contribution in [3.8, 4) is 0 Å². The minimum atomic E-state index is 0.273. The van der Waals surface area contributed by atoms with Crippen molar-refractivity contribution in [3.05, 3.63) is 11.6 Å².